The largest absolute Gasteiger partial charge is 0.330 e. The van der Waals surface area contributed by atoms with Gasteiger partial charge in [-0.3, -0.25) is 29.0 Å². The minimum atomic E-state index is -0.369. The molecule has 2 aliphatic rings. The number of carbonyl (C=O) groups is 4. The van der Waals surface area contributed by atoms with Gasteiger partial charge in [0.05, 0.1) is 0 Å². The van der Waals surface area contributed by atoms with E-state index in [4.69, 9.17) is 11.5 Å². The zero-order chi connectivity index (χ0) is 35.6. The first-order chi connectivity index (χ1) is 24.5. The lowest BCUT2D eigenvalue weighted by atomic mass is 9.86. The van der Waals surface area contributed by atoms with Gasteiger partial charge in [-0.25, -0.2) is 0 Å². The molecule has 0 saturated carbocycles. The fourth-order valence-electron chi connectivity index (χ4n) is 6.71. The Morgan fingerprint density at radius 3 is 0.804 bits per heavy atom. The van der Waals surface area contributed by atoms with Crippen LogP contribution in [-0.2, 0) is 0 Å². The Labute approximate surface area is 370 Å². The summed E-state index contributed by atoms with van der Waals surface area (Å²) in [4.78, 5) is 56.8. The number of rotatable bonds is 28. The smallest absolute Gasteiger partial charge is 0.261 e. The third kappa shape index (κ3) is 17.0. The Hall–Kier alpha value is -1.52. The normalized spacial score (nSPS) is 12.6. The molecule has 0 fully saturated rings. The fraction of sp³-hybridized carbons (Fsp3) is 0.632. The van der Waals surface area contributed by atoms with Gasteiger partial charge in [-0.1, -0.05) is 0 Å². The minimum Gasteiger partial charge on any atom is -0.330 e. The Morgan fingerprint density at radius 1 is 0.357 bits per heavy atom. The highest BCUT2D eigenvalue weighted by Gasteiger charge is 2.39. The highest BCUT2D eigenvalue weighted by atomic mass is 35.5. The summed E-state index contributed by atoms with van der Waals surface area (Å²) in [7, 11) is 0. The van der Waals surface area contributed by atoms with Crippen LogP contribution in [0.25, 0.3) is 10.8 Å². The van der Waals surface area contributed by atoms with Crippen LogP contribution >= 0.6 is 74.4 Å². The van der Waals surface area contributed by atoms with Crippen molar-refractivity contribution in [3.8, 4) is 0 Å². The van der Waals surface area contributed by atoms with Gasteiger partial charge in [-0.2, -0.15) is 0 Å². The third-order valence-electron chi connectivity index (χ3n) is 9.56. The van der Waals surface area contributed by atoms with Crippen LogP contribution in [0, 0.1) is 0 Å². The molecule has 2 aliphatic heterocycles. The van der Waals surface area contributed by atoms with Gasteiger partial charge in [-0.15, -0.1) is 74.4 Å². The van der Waals surface area contributed by atoms with Gasteiger partial charge in [0.25, 0.3) is 23.6 Å². The van der Waals surface area contributed by atoms with E-state index < -0.39 is 0 Å². The number of nitrogens with one attached hydrogen (secondary N) is 4. The average Bonchev–Trinajstić information content (AvgIpc) is 3.12. The maximum atomic E-state index is 13.6. The summed E-state index contributed by atoms with van der Waals surface area (Å²) in [6, 6.07) is 6.58. The van der Waals surface area contributed by atoms with Crippen molar-refractivity contribution in [1.82, 2.24) is 31.1 Å². The Bertz CT molecular complexity index is 1270. The zero-order valence-electron chi connectivity index (χ0n) is 32.4. The first-order valence-corrected chi connectivity index (χ1v) is 19.1. The molecule has 0 saturated heterocycles. The monoisotopic (exact) mass is 908 g/mol. The molecule has 0 bridgehead atoms. The van der Waals surface area contributed by atoms with Crippen LogP contribution < -0.4 is 32.7 Å². The summed E-state index contributed by atoms with van der Waals surface area (Å²) >= 11 is 0. The molecular weight excluding hydrogens is 845 g/mol. The van der Waals surface area contributed by atoms with E-state index in [0.29, 0.717) is 59.0 Å². The molecule has 0 aromatic heterocycles. The van der Waals surface area contributed by atoms with E-state index in [1.165, 1.54) is 9.80 Å². The van der Waals surface area contributed by atoms with Gasteiger partial charge in [0.2, 0.25) is 0 Å². The van der Waals surface area contributed by atoms with E-state index in [1.807, 2.05) is 0 Å². The maximum absolute atomic E-state index is 13.6. The molecule has 0 atom stereocenters. The second-order valence-electron chi connectivity index (χ2n) is 13.4. The van der Waals surface area contributed by atoms with Gasteiger partial charge in [-0.05, 0) is 167 Å². The Kier molecular flexibility index (Phi) is 35.0. The van der Waals surface area contributed by atoms with Gasteiger partial charge in [0.15, 0.2) is 0 Å². The lowest BCUT2D eigenvalue weighted by molar-refractivity contribution is 0.0586. The third-order valence-corrected chi connectivity index (χ3v) is 9.56. The average molecular weight is 912 g/mol. The van der Waals surface area contributed by atoms with E-state index in [0.717, 1.165) is 130 Å². The molecular formula is C38H66Cl6N8O4. The molecule has 56 heavy (non-hydrogen) atoms. The molecule has 12 nitrogen and oxygen atoms in total. The summed E-state index contributed by atoms with van der Waals surface area (Å²) in [5.74, 6) is -1.48. The summed E-state index contributed by atoms with van der Waals surface area (Å²) in [6.07, 6.45) is 11.8. The van der Waals surface area contributed by atoms with E-state index in [1.54, 1.807) is 24.3 Å². The topological polar surface area (TPSA) is 175 Å². The predicted molar refractivity (Wildman–Crippen MR) is 243 cm³/mol. The van der Waals surface area contributed by atoms with E-state index in [2.05, 4.69) is 21.3 Å². The van der Waals surface area contributed by atoms with Crippen LogP contribution in [0.1, 0.15) is 118 Å². The van der Waals surface area contributed by atoms with Crippen molar-refractivity contribution in [3.05, 3.63) is 46.5 Å². The van der Waals surface area contributed by atoms with E-state index in [-0.39, 0.29) is 98.1 Å². The molecule has 0 spiro atoms. The van der Waals surface area contributed by atoms with Crippen molar-refractivity contribution in [1.29, 1.82) is 0 Å². The maximum Gasteiger partial charge on any atom is 0.261 e. The van der Waals surface area contributed by atoms with Crippen LogP contribution in [0.15, 0.2) is 24.3 Å². The number of carbonyl (C=O) groups excluding carboxylic acids is 4. The number of imide groups is 2. The SMILES string of the molecule is Cl.Cl.Cl.Cl.Cl.Cl.NCCCCNCCCCNCCCCN1C(=O)c2ccc3c4c(ccc(c24)C1=O)C(=O)N(CCCCNCCCCNCCCCN)C3=O. The number of halogens is 6. The van der Waals surface area contributed by atoms with Crippen molar-refractivity contribution < 1.29 is 19.2 Å². The van der Waals surface area contributed by atoms with Gasteiger partial charge < -0.3 is 32.7 Å². The Morgan fingerprint density at radius 2 is 0.571 bits per heavy atom. The zero-order valence-corrected chi connectivity index (χ0v) is 37.3. The number of benzene rings is 2. The number of nitrogens with two attached hydrogens (primary N) is 2. The quantitative estimate of drug-likeness (QED) is 0.0472. The van der Waals surface area contributed by atoms with Gasteiger partial charge in [0, 0.05) is 46.1 Å². The Balaban J connectivity index is -0.00000468. The molecule has 0 radical (unpaired) electrons. The van der Waals surface area contributed by atoms with Crippen LogP contribution in [-0.4, -0.2) is 112 Å². The summed E-state index contributed by atoms with van der Waals surface area (Å²) in [5.41, 5.74) is 12.5. The second-order valence-corrected chi connectivity index (χ2v) is 13.4. The first-order valence-electron chi connectivity index (χ1n) is 19.1. The standard InChI is InChI=1S/C38H60N8O4.6ClH/c39-17-1-3-19-41-21-5-7-23-43-25-9-11-27-45-35(47)29-13-15-31-34-32(16-14-30(33(29)34)36(45)48)38(50)46(37(31)49)28-12-10-26-44-24-8-6-22-42-20-4-2-18-40;;;;;;/h13-16,41-44H,1-12,17-28,39-40H2;6*1H. The number of nitrogens with zero attached hydrogens (tertiary/aromatic N) is 2. The summed E-state index contributed by atoms with van der Waals surface area (Å²) in [5, 5.41) is 14.6. The van der Waals surface area contributed by atoms with Crippen LogP contribution in [0.2, 0.25) is 0 Å². The molecule has 4 amide bonds. The van der Waals surface area contributed by atoms with Gasteiger partial charge in [0.1, 0.15) is 0 Å². The second kappa shape index (κ2) is 33.3. The number of hydrogen-bond acceptors (Lipinski definition) is 10. The van der Waals surface area contributed by atoms with Crippen molar-refractivity contribution >= 4 is 109 Å². The molecule has 0 aliphatic carbocycles. The van der Waals surface area contributed by atoms with Crippen LogP contribution in [0.3, 0.4) is 0 Å². The predicted octanol–water partition coefficient (Wildman–Crippen LogP) is 5.52. The van der Waals surface area contributed by atoms with Crippen LogP contribution in [0.4, 0.5) is 0 Å². The highest BCUT2D eigenvalue weighted by Crippen LogP contribution is 2.38. The van der Waals surface area contributed by atoms with Gasteiger partial charge >= 0.3 is 0 Å². The molecule has 2 aromatic carbocycles. The van der Waals surface area contributed by atoms with E-state index in [9.17, 15) is 19.2 Å². The number of unbranched alkanes of at least 4 members (excludes halogenated alkanes) is 6. The summed E-state index contributed by atoms with van der Waals surface area (Å²) in [6.45, 7) is 9.72. The van der Waals surface area contributed by atoms with E-state index >= 15 is 0 Å². The van der Waals surface area contributed by atoms with Crippen molar-refractivity contribution in [2.24, 2.45) is 11.5 Å². The number of amides is 4. The van der Waals surface area contributed by atoms with Crippen molar-refractivity contribution in [2.45, 2.75) is 77.0 Å². The minimum absolute atomic E-state index is 0. The number of hydrogen-bond donors (Lipinski definition) is 6. The van der Waals surface area contributed by atoms with Crippen LogP contribution in [0.5, 0.6) is 0 Å². The molecule has 18 heteroatoms. The van der Waals surface area contributed by atoms with Crippen molar-refractivity contribution in [2.75, 3.05) is 78.5 Å². The molecule has 2 heterocycles. The lowest BCUT2D eigenvalue weighted by Gasteiger charge is -2.32. The highest BCUT2D eigenvalue weighted by molar-refractivity contribution is 6.33. The molecule has 8 N–H and O–H groups in total. The molecule has 2 aromatic rings. The van der Waals surface area contributed by atoms with Crippen molar-refractivity contribution in [3.63, 3.8) is 0 Å². The molecule has 324 valence electrons. The first kappa shape index (κ1) is 58.8. The summed E-state index contributed by atoms with van der Waals surface area (Å²) < 4.78 is 0. The fourth-order valence-corrected chi connectivity index (χ4v) is 6.71. The molecule has 4 rings (SSSR count). The lowest BCUT2D eigenvalue weighted by Crippen LogP contribution is -2.43. The molecule has 0 unspecified atom stereocenters.